The lowest BCUT2D eigenvalue weighted by atomic mass is 9.99. The number of piperazine rings is 1. The van der Waals surface area contributed by atoms with Crippen LogP contribution >= 0.6 is 0 Å². The second-order valence-electron chi connectivity index (χ2n) is 7.09. The van der Waals surface area contributed by atoms with E-state index in [1.165, 1.54) is 0 Å². The van der Waals surface area contributed by atoms with E-state index in [0.717, 1.165) is 64.4 Å². The van der Waals surface area contributed by atoms with E-state index >= 15 is 0 Å². The second-order valence-corrected chi connectivity index (χ2v) is 7.09. The summed E-state index contributed by atoms with van der Waals surface area (Å²) in [6.07, 6.45) is 2.99. The Bertz CT molecular complexity index is 372. The van der Waals surface area contributed by atoms with Crippen LogP contribution in [0.3, 0.4) is 0 Å². The highest BCUT2D eigenvalue weighted by atomic mass is 16.2. The van der Waals surface area contributed by atoms with Crippen LogP contribution in [0.25, 0.3) is 0 Å². The van der Waals surface area contributed by atoms with Crippen molar-refractivity contribution in [1.82, 2.24) is 14.7 Å². The molecule has 1 aliphatic carbocycles. The summed E-state index contributed by atoms with van der Waals surface area (Å²) < 4.78 is 0. The van der Waals surface area contributed by atoms with Crippen LogP contribution in [-0.2, 0) is 9.59 Å². The van der Waals surface area contributed by atoms with Gasteiger partial charge in [-0.2, -0.15) is 0 Å². The van der Waals surface area contributed by atoms with Crippen molar-refractivity contribution in [3.63, 3.8) is 0 Å². The maximum absolute atomic E-state index is 12.5. The summed E-state index contributed by atoms with van der Waals surface area (Å²) in [4.78, 5) is 31.1. The summed E-state index contributed by atoms with van der Waals surface area (Å²) in [5, 5.41) is 0. The van der Waals surface area contributed by atoms with Crippen LogP contribution in [0.5, 0.6) is 0 Å². The molecule has 5 heteroatoms. The first-order valence-electron chi connectivity index (χ1n) is 8.32. The minimum Gasteiger partial charge on any atom is -0.342 e. The fourth-order valence-corrected chi connectivity index (χ4v) is 3.47. The third-order valence-corrected chi connectivity index (χ3v) is 5.34. The quantitative estimate of drug-likeness (QED) is 0.751. The second kappa shape index (κ2) is 5.95. The molecule has 2 saturated heterocycles. The summed E-state index contributed by atoms with van der Waals surface area (Å²) in [6.45, 7) is 7.53. The van der Waals surface area contributed by atoms with Gasteiger partial charge < -0.3 is 14.7 Å². The molecule has 1 saturated carbocycles. The van der Waals surface area contributed by atoms with E-state index < -0.39 is 0 Å². The molecule has 0 radical (unpaired) electrons. The van der Waals surface area contributed by atoms with Gasteiger partial charge in [0.1, 0.15) is 0 Å². The molecule has 5 nitrogen and oxygen atoms in total. The first kappa shape index (κ1) is 14.8. The minimum atomic E-state index is -0.0275. The number of likely N-dealkylation sites (N-methyl/N-ethyl adjacent to an activating group) is 1. The molecule has 2 unspecified atom stereocenters. The van der Waals surface area contributed by atoms with E-state index in [4.69, 9.17) is 0 Å². The monoisotopic (exact) mass is 293 g/mol. The van der Waals surface area contributed by atoms with Gasteiger partial charge in [0.05, 0.1) is 11.8 Å². The van der Waals surface area contributed by atoms with Gasteiger partial charge in [0.2, 0.25) is 11.8 Å². The topological polar surface area (TPSA) is 43.9 Å². The molecule has 0 aromatic rings. The molecule has 2 aliphatic heterocycles. The fraction of sp³-hybridized carbons (Fsp3) is 0.875. The predicted molar refractivity (Wildman–Crippen MR) is 80.7 cm³/mol. The number of hydrogen-bond acceptors (Lipinski definition) is 3. The normalized spacial score (nSPS) is 31.3. The van der Waals surface area contributed by atoms with Crippen LogP contribution in [0, 0.1) is 17.8 Å². The maximum atomic E-state index is 12.5. The Morgan fingerprint density at radius 2 is 1.29 bits per heavy atom. The number of rotatable bonds is 2. The zero-order valence-corrected chi connectivity index (χ0v) is 13.3. The molecular weight excluding hydrogens is 266 g/mol. The maximum Gasteiger partial charge on any atom is 0.226 e. The lowest BCUT2D eigenvalue weighted by Crippen LogP contribution is -2.48. The highest BCUT2D eigenvalue weighted by molar-refractivity contribution is 5.92. The minimum absolute atomic E-state index is 0.0226. The molecule has 118 valence electrons. The SMILES string of the molecule is CC1CCN(C(=O)C2CC2C(=O)N2CCN(C)CC2)CC1. The van der Waals surface area contributed by atoms with Gasteiger partial charge in [-0.3, -0.25) is 9.59 Å². The number of nitrogens with zero attached hydrogens (tertiary/aromatic N) is 3. The molecule has 0 bridgehead atoms. The molecule has 0 spiro atoms. The predicted octanol–water partition coefficient (Wildman–Crippen LogP) is 0.655. The Balaban J connectivity index is 1.49. The Kier molecular flexibility index (Phi) is 4.20. The molecule has 0 aromatic heterocycles. The molecule has 0 N–H and O–H groups in total. The highest BCUT2D eigenvalue weighted by Gasteiger charge is 2.51. The Morgan fingerprint density at radius 1 is 0.810 bits per heavy atom. The van der Waals surface area contributed by atoms with E-state index in [0.29, 0.717) is 0 Å². The molecule has 2 atom stereocenters. The number of carbonyl (C=O) groups is 2. The van der Waals surface area contributed by atoms with Crippen LogP contribution in [0.2, 0.25) is 0 Å². The Hall–Kier alpha value is -1.10. The number of amides is 2. The van der Waals surface area contributed by atoms with E-state index in [1.54, 1.807) is 0 Å². The van der Waals surface area contributed by atoms with Gasteiger partial charge in [-0.05, 0) is 32.2 Å². The van der Waals surface area contributed by atoms with Crippen molar-refractivity contribution >= 4 is 11.8 Å². The molecule has 0 aromatic carbocycles. The molecular formula is C16H27N3O2. The Morgan fingerprint density at radius 3 is 1.81 bits per heavy atom. The third kappa shape index (κ3) is 3.23. The van der Waals surface area contributed by atoms with Crippen molar-refractivity contribution in [3.8, 4) is 0 Å². The average Bonchev–Trinajstić information content (AvgIpc) is 3.28. The summed E-state index contributed by atoms with van der Waals surface area (Å²) in [5.74, 6) is 1.13. The first-order valence-corrected chi connectivity index (χ1v) is 8.32. The van der Waals surface area contributed by atoms with Crippen LogP contribution in [0.15, 0.2) is 0 Å². The van der Waals surface area contributed by atoms with E-state index in [-0.39, 0.29) is 23.7 Å². The largest absolute Gasteiger partial charge is 0.342 e. The molecule has 2 heterocycles. The summed E-state index contributed by atoms with van der Waals surface area (Å²) in [7, 11) is 2.09. The number of likely N-dealkylation sites (tertiary alicyclic amines) is 1. The average molecular weight is 293 g/mol. The van der Waals surface area contributed by atoms with E-state index in [2.05, 4.69) is 18.9 Å². The third-order valence-electron chi connectivity index (χ3n) is 5.34. The molecule has 21 heavy (non-hydrogen) atoms. The lowest BCUT2D eigenvalue weighted by Gasteiger charge is -2.33. The van der Waals surface area contributed by atoms with Crippen molar-refractivity contribution in [2.24, 2.45) is 17.8 Å². The first-order chi connectivity index (χ1) is 10.1. The highest BCUT2D eigenvalue weighted by Crippen LogP contribution is 2.42. The summed E-state index contributed by atoms with van der Waals surface area (Å²) in [6, 6.07) is 0. The smallest absolute Gasteiger partial charge is 0.226 e. The fourth-order valence-electron chi connectivity index (χ4n) is 3.47. The van der Waals surface area contributed by atoms with Gasteiger partial charge in [-0.15, -0.1) is 0 Å². The standard InChI is InChI=1S/C16H27N3O2/c1-12-3-5-18(6-4-12)15(20)13-11-14(13)16(21)19-9-7-17(2)8-10-19/h12-14H,3-11H2,1-2H3. The lowest BCUT2D eigenvalue weighted by molar-refractivity contribution is -0.139. The van der Waals surface area contributed by atoms with Crippen LogP contribution < -0.4 is 0 Å². The van der Waals surface area contributed by atoms with Gasteiger partial charge in [-0.1, -0.05) is 6.92 Å². The van der Waals surface area contributed by atoms with Crippen LogP contribution in [0.4, 0.5) is 0 Å². The number of carbonyl (C=O) groups excluding carboxylic acids is 2. The van der Waals surface area contributed by atoms with Gasteiger partial charge >= 0.3 is 0 Å². The molecule has 3 aliphatic rings. The Labute approximate surface area is 127 Å². The van der Waals surface area contributed by atoms with Crippen molar-refractivity contribution in [2.45, 2.75) is 26.2 Å². The van der Waals surface area contributed by atoms with Gasteiger partial charge in [0.15, 0.2) is 0 Å². The zero-order chi connectivity index (χ0) is 15.0. The number of hydrogen-bond donors (Lipinski definition) is 0. The molecule has 3 rings (SSSR count). The molecule has 3 fully saturated rings. The van der Waals surface area contributed by atoms with Crippen molar-refractivity contribution in [3.05, 3.63) is 0 Å². The van der Waals surface area contributed by atoms with Gasteiger partial charge in [0, 0.05) is 39.3 Å². The van der Waals surface area contributed by atoms with Crippen LogP contribution in [0.1, 0.15) is 26.2 Å². The van der Waals surface area contributed by atoms with Gasteiger partial charge in [-0.25, -0.2) is 0 Å². The number of piperidine rings is 1. The van der Waals surface area contributed by atoms with E-state index in [1.807, 2.05) is 9.80 Å². The van der Waals surface area contributed by atoms with E-state index in [9.17, 15) is 9.59 Å². The van der Waals surface area contributed by atoms with Gasteiger partial charge in [0.25, 0.3) is 0 Å². The summed E-state index contributed by atoms with van der Waals surface area (Å²) >= 11 is 0. The van der Waals surface area contributed by atoms with Crippen molar-refractivity contribution in [2.75, 3.05) is 46.3 Å². The molecule has 2 amide bonds. The van der Waals surface area contributed by atoms with Crippen molar-refractivity contribution in [1.29, 1.82) is 0 Å². The summed E-state index contributed by atoms with van der Waals surface area (Å²) in [5.41, 5.74) is 0. The van der Waals surface area contributed by atoms with Crippen molar-refractivity contribution < 1.29 is 9.59 Å². The van der Waals surface area contributed by atoms with Crippen LogP contribution in [-0.4, -0.2) is 72.8 Å². The zero-order valence-electron chi connectivity index (χ0n) is 13.3.